The summed E-state index contributed by atoms with van der Waals surface area (Å²) >= 11 is 0. The van der Waals surface area contributed by atoms with Gasteiger partial charge in [0.05, 0.1) is 0 Å². The molecule has 0 spiro atoms. The van der Waals surface area contributed by atoms with E-state index >= 15 is 0 Å². The SMILES string of the molecule is CC(C)c1cccc(O)c1C(F)(F)F. The molecular weight excluding hydrogens is 193 g/mol. The number of alkyl halides is 3. The number of halogens is 3. The summed E-state index contributed by atoms with van der Waals surface area (Å²) in [4.78, 5) is 0. The first-order valence-corrected chi connectivity index (χ1v) is 4.23. The Morgan fingerprint density at radius 2 is 1.79 bits per heavy atom. The predicted octanol–water partition coefficient (Wildman–Crippen LogP) is 3.53. The molecule has 0 aliphatic rings. The molecule has 1 N–H and O–H groups in total. The Balaban J connectivity index is 3.38. The summed E-state index contributed by atoms with van der Waals surface area (Å²) in [6.45, 7) is 3.31. The number of phenolic OH excluding ortho intramolecular Hbond substituents is 1. The number of benzene rings is 1. The quantitative estimate of drug-likeness (QED) is 0.741. The van der Waals surface area contributed by atoms with Gasteiger partial charge in [-0.2, -0.15) is 13.2 Å². The van der Waals surface area contributed by atoms with Crippen molar-refractivity contribution in [2.75, 3.05) is 0 Å². The molecule has 1 aromatic carbocycles. The van der Waals surface area contributed by atoms with Gasteiger partial charge in [-0.05, 0) is 17.5 Å². The number of aromatic hydroxyl groups is 1. The molecule has 1 nitrogen and oxygen atoms in total. The van der Waals surface area contributed by atoms with E-state index in [1.54, 1.807) is 13.8 Å². The molecule has 0 saturated heterocycles. The fraction of sp³-hybridized carbons (Fsp3) is 0.400. The zero-order valence-corrected chi connectivity index (χ0v) is 7.89. The number of rotatable bonds is 1. The molecule has 14 heavy (non-hydrogen) atoms. The largest absolute Gasteiger partial charge is 0.507 e. The van der Waals surface area contributed by atoms with Crippen molar-refractivity contribution in [1.29, 1.82) is 0 Å². The van der Waals surface area contributed by atoms with Gasteiger partial charge in [0.2, 0.25) is 0 Å². The molecule has 1 aromatic rings. The molecule has 0 radical (unpaired) electrons. The van der Waals surface area contributed by atoms with Crippen molar-refractivity contribution in [2.45, 2.75) is 25.9 Å². The smallest absolute Gasteiger partial charge is 0.420 e. The van der Waals surface area contributed by atoms with Crippen LogP contribution in [0.5, 0.6) is 5.75 Å². The van der Waals surface area contributed by atoms with E-state index in [0.717, 1.165) is 6.07 Å². The highest BCUT2D eigenvalue weighted by Crippen LogP contribution is 2.40. The van der Waals surface area contributed by atoms with Crippen molar-refractivity contribution in [3.8, 4) is 5.75 Å². The Morgan fingerprint density at radius 1 is 1.21 bits per heavy atom. The van der Waals surface area contributed by atoms with Crippen LogP contribution in [0.3, 0.4) is 0 Å². The van der Waals surface area contributed by atoms with Gasteiger partial charge >= 0.3 is 6.18 Å². The van der Waals surface area contributed by atoms with Crippen LogP contribution in [0.2, 0.25) is 0 Å². The van der Waals surface area contributed by atoms with Crippen molar-refractivity contribution in [2.24, 2.45) is 0 Å². The molecule has 78 valence electrons. The van der Waals surface area contributed by atoms with Crippen LogP contribution in [0.4, 0.5) is 13.2 Å². The second-order valence-electron chi connectivity index (χ2n) is 3.39. The van der Waals surface area contributed by atoms with E-state index in [9.17, 15) is 13.2 Å². The molecule has 4 heteroatoms. The van der Waals surface area contributed by atoms with Crippen molar-refractivity contribution in [1.82, 2.24) is 0 Å². The molecule has 0 saturated carbocycles. The van der Waals surface area contributed by atoms with Gasteiger partial charge in [-0.3, -0.25) is 0 Å². The molecule has 0 aliphatic carbocycles. The van der Waals surface area contributed by atoms with Crippen LogP contribution >= 0.6 is 0 Å². The molecule has 0 fully saturated rings. The fourth-order valence-corrected chi connectivity index (χ4v) is 1.35. The van der Waals surface area contributed by atoms with Crippen molar-refractivity contribution >= 4 is 0 Å². The third-order valence-corrected chi connectivity index (χ3v) is 1.98. The highest BCUT2D eigenvalue weighted by atomic mass is 19.4. The van der Waals surface area contributed by atoms with Crippen LogP contribution in [-0.2, 0) is 6.18 Å². The van der Waals surface area contributed by atoms with Crippen LogP contribution in [0.15, 0.2) is 18.2 Å². The van der Waals surface area contributed by atoms with E-state index in [0.29, 0.717) is 0 Å². The Kier molecular flexibility index (Phi) is 2.73. The Labute approximate surface area is 80.2 Å². The standard InChI is InChI=1S/C10H11F3O/c1-6(2)7-4-3-5-8(14)9(7)10(11,12)13/h3-6,14H,1-2H3. The lowest BCUT2D eigenvalue weighted by molar-refractivity contribution is -0.139. The summed E-state index contributed by atoms with van der Waals surface area (Å²) in [5.41, 5.74) is -0.799. The summed E-state index contributed by atoms with van der Waals surface area (Å²) in [7, 11) is 0. The molecule has 0 bridgehead atoms. The second-order valence-corrected chi connectivity index (χ2v) is 3.39. The summed E-state index contributed by atoms with van der Waals surface area (Å²) < 4.78 is 37.5. The van der Waals surface area contributed by atoms with Gasteiger partial charge in [-0.25, -0.2) is 0 Å². The van der Waals surface area contributed by atoms with Crippen LogP contribution in [0.1, 0.15) is 30.9 Å². The number of hydrogen-bond donors (Lipinski definition) is 1. The summed E-state index contributed by atoms with van der Waals surface area (Å²) in [5, 5.41) is 9.16. The van der Waals surface area contributed by atoms with E-state index in [1.165, 1.54) is 12.1 Å². The zero-order valence-electron chi connectivity index (χ0n) is 7.89. The summed E-state index contributed by atoms with van der Waals surface area (Å²) in [6, 6.07) is 3.85. The average molecular weight is 204 g/mol. The molecule has 0 amide bonds. The Morgan fingerprint density at radius 3 is 2.14 bits per heavy atom. The van der Waals surface area contributed by atoms with E-state index in [1.807, 2.05) is 0 Å². The minimum absolute atomic E-state index is 0.123. The minimum atomic E-state index is -4.50. The van der Waals surface area contributed by atoms with Crippen LogP contribution < -0.4 is 0 Å². The highest BCUT2D eigenvalue weighted by molar-refractivity contribution is 5.42. The van der Waals surface area contributed by atoms with Gasteiger partial charge < -0.3 is 5.11 Å². The average Bonchev–Trinajstić information content (AvgIpc) is 2.01. The zero-order chi connectivity index (χ0) is 10.9. The predicted molar refractivity (Wildman–Crippen MR) is 47.2 cm³/mol. The molecule has 0 atom stereocenters. The molecule has 0 unspecified atom stereocenters. The van der Waals surface area contributed by atoms with Crippen LogP contribution in [0, 0.1) is 0 Å². The molecule has 1 rings (SSSR count). The number of phenols is 1. The molecule has 0 aliphatic heterocycles. The fourth-order valence-electron chi connectivity index (χ4n) is 1.35. The lowest BCUT2D eigenvalue weighted by Crippen LogP contribution is -2.10. The second kappa shape index (κ2) is 3.52. The van der Waals surface area contributed by atoms with Gasteiger partial charge in [0.25, 0.3) is 0 Å². The van der Waals surface area contributed by atoms with Gasteiger partial charge in [0.1, 0.15) is 11.3 Å². The Hall–Kier alpha value is -1.19. The van der Waals surface area contributed by atoms with E-state index in [-0.39, 0.29) is 11.5 Å². The normalized spacial score (nSPS) is 12.1. The van der Waals surface area contributed by atoms with Crippen molar-refractivity contribution < 1.29 is 18.3 Å². The topological polar surface area (TPSA) is 20.2 Å². The molecular formula is C10H11F3O. The Bertz CT molecular complexity index is 329. The van der Waals surface area contributed by atoms with E-state index < -0.39 is 17.5 Å². The van der Waals surface area contributed by atoms with E-state index in [4.69, 9.17) is 5.11 Å². The maximum atomic E-state index is 12.5. The lowest BCUT2D eigenvalue weighted by Gasteiger charge is -2.16. The monoisotopic (exact) mass is 204 g/mol. The number of hydrogen-bond acceptors (Lipinski definition) is 1. The maximum absolute atomic E-state index is 12.5. The summed E-state index contributed by atoms with van der Waals surface area (Å²) in [5.74, 6) is -0.970. The third kappa shape index (κ3) is 2.00. The third-order valence-electron chi connectivity index (χ3n) is 1.98. The van der Waals surface area contributed by atoms with Gasteiger partial charge in [-0.15, -0.1) is 0 Å². The summed E-state index contributed by atoms with van der Waals surface area (Å²) in [6.07, 6.45) is -4.50. The maximum Gasteiger partial charge on any atom is 0.420 e. The molecule has 0 heterocycles. The van der Waals surface area contributed by atoms with Gasteiger partial charge in [0.15, 0.2) is 0 Å². The first kappa shape index (κ1) is 10.9. The van der Waals surface area contributed by atoms with E-state index in [2.05, 4.69) is 0 Å². The first-order chi connectivity index (χ1) is 6.34. The van der Waals surface area contributed by atoms with Gasteiger partial charge in [0, 0.05) is 0 Å². The van der Waals surface area contributed by atoms with Crippen molar-refractivity contribution in [3.05, 3.63) is 29.3 Å². The van der Waals surface area contributed by atoms with Crippen LogP contribution in [-0.4, -0.2) is 5.11 Å². The minimum Gasteiger partial charge on any atom is -0.507 e. The van der Waals surface area contributed by atoms with Crippen LogP contribution in [0.25, 0.3) is 0 Å². The first-order valence-electron chi connectivity index (χ1n) is 4.23. The van der Waals surface area contributed by atoms with Crippen molar-refractivity contribution in [3.63, 3.8) is 0 Å². The molecule has 0 aromatic heterocycles. The highest BCUT2D eigenvalue weighted by Gasteiger charge is 2.36. The lowest BCUT2D eigenvalue weighted by atomic mass is 9.96. The van der Waals surface area contributed by atoms with Gasteiger partial charge in [-0.1, -0.05) is 26.0 Å².